The molecule has 0 saturated heterocycles. The fourth-order valence-electron chi connectivity index (χ4n) is 1.26. The van der Waals surface area contributed by atoms with Crippen LogP contribution in [0.1, 0.15) is 0 Å². The summed E-state index contributed by atoms with van der Waals surface area (Å²) in [5.74, 6) is 0. The Kier molecular flexibility index (Phi) is 7.97. The second-order valence-electron chi connectivity index (χ2n) is 2.98. The summed E-state index contributed by atoms with van der Waals surface area (Å²) >= 11 is 0. The van der Waals surface area contributed by atoms with Gasteiger partial charge in [-0.05, 0) is 11.1 Å². The van der Waals surface area contributed by atoms with Crippen molar-refractivity contribution in [1.82, 2.24) is 0 Å². The molecule has 0 unspecified atom stereocenters. The third kappa shape index (κ3) is 6.68. The molecule has 0 spiro atoms. The highest BCUT2D eigenvalue weighted by Crippen LogP contribution is 2.17. The van der Waals surface area contributed by atoms with Crippen LogP contribution in [0.3, 0.4) is 0 Å². The van der Waals surface area contributed by atoms with Crippen LogP contribution in [0.4, 0.5) is 13.2 Å². The van der Waals surface area contributed by atoms with Crippen molar-refractivity contribution in [3.63, 3.8) is 0 Å². The highest BCUT2D eigenvalue weighted by Gasteiger charge is 1.91. The quantitative estimate of drug-likeness (QED) is 0.685. The van der Waals surface area contributed by atoms with Crippen LogP contribution < -0.4 is 0 Å². The van der Waals surface area contributed by atoms with Gasteiger partial charge in [-0.15, -0.1) is 0 Å². The molecule has 0 N–H and O–H groups in total. The molecule has 0 aliphatic rings. The molecule has 0 heterocycles. The minimum absolute atomic E-state index is 0. The molecular formula is C13H14F3S+. The first-order valence-corrected chi connectivity index (χ1v) is 4.73. The van der Waals surface area contributed by atoms with Crippen molar-refractivity contribution in [2.24, 2.45) is 0 Å². The predicted octanol–water partition coefficient (Wildman–Crippen LogP) is 3.73. The molecule has 2 aromatic rings. The zero-order valence-corrected chi connectivity index (χ0v) is 10.2. The van der Waals surface area contributed by atoms with Crippen LogP contribution >= 0.6 is 0 Å². The first-order valence-electron chi connectivity index (χ1n) is 4.73. The molecule has 0 atom stereocenters. The lowest BCUT2D eigenvalue weighted by Gasteiger charge is -1.98. The molecule has 0 fully saturated rings. The van der Waals surface area contributed by atoms with Gasteiger partial charge in [-0.2, -0.15) is 13.2 Å². The molecule has 2 rings (SSSR count). The van der Waals surface area contributed by atoms with Crippen molar-refractivity contribution in [3.05, 3.63) is 60.7 Å². The summed E-state index contributed by atoms with van der Waals surface area (Å²) in [6.07, 6.45) is 0. The Morgan fingerprint density at radius 3 is 1.06 bits per heavy atom. The summed E-state index contributed by atoms with van der Waals surface area (Å²) in [7, 11) is 0. The minimum Gasteiger partial charge on any atom is -0.174 e. The van der Waals surface area contributed by atoms with Crippen LogP contribution in [0, 0.1) is 0 Å². The molecule has 0 aromatic heterocycles. The van der Waals surface area contributed by atoms with Crippen LogP contribution in [-0.4, -0.2) is 6.68 Å². The van der Waals surface area contributed by atoms with Crippen molar-refractivity contribution in [1.29, 1.82) is 0 Å². The molecule has 0 radical (unpaired) electrons. The standard InChI is InChI=1S/C12H10.CHF3.H2S/c1-3-7-11(8-4-1)12-9-5-2-6-10-12;2-1(3)4;/h1-10H;1H;1H2/p+1. The molecule has 0 saturated carbocycles. The summed E-state index contributed by atoms with van der Waals surface area (Å²) < 4.78 is 29.0. The molecule has 0 bridgehead atoms. The second kappa shape index (κ2) is 8.70. The van der Waals surface area contributed by atoms with E-state index < -0.39 is 6.68 Å². The summed E-state index contributed by atoms with van der Waals surface area (Å²) in [6, 6.07) is 20.8. The van der Waals surface area contributed by atoms with E-state index in [1.54, 1.807) is 0 Å². The molecule has 0 aliphatic heterocycles. The van der Waals surface area contributed by atoms with Crippen molar-refractivity contribution >= 4 is 13.5 Å². The van der Waals surface area contributed by atoms with Gasteiger partial charge in [-0.3, -0.25) is 0 Å². The van der Waals surface area contributed by atoms with E-state index in [0.717, 1.165) is 0 Å². The topological polar surface area (TPSA) is 0 Å². The Morgan fingerprint density at radius 2 is 0.824 bits per heavy atom. The van der Waals surface area contributed by atoms with E-state index in [2.05, 4.69) is 48.5 Å². The molecule has 92 valence electrons. The molecule has 4 heteroatoms. The lowest BCUT2D eigenvalue weighted by molar-refractivity contribution is 0.00819. The molecule has 0 amide bonds. The lowest BCUT2D eigenvalue weighted by Crippen LogP contribution is -1.73. The third-order valence-corrected chi connectivity index (χ3v) is 1.88. The summed E-state index contributed by atoms with van der Waals surface area (Å²) in [5, 5.41) is 0. The van der Waals surface area contributed by atoms with E-state index in [4.69, 9.17) is 0 Å². The van der Waals surface area contributed by atoms with Crippen LogP contribution in [0.5, 0.6) is 0 Å². The van der Waals surface area contributed by atoms with Gasteiger partial charge in [0.25, 0.3) is 0 Å². The Hall–Kier alpha value is -1.42. The minimum atomic E-state index is -3.67. The average Bonchev–Trinajstić information content (AvgIpc) is 2.31. The fourth-order valence-corrected chi connectivity index (χ4v) is 1.26. The Bertz CT molecular complexity index is 350. The van der Waals surface area contributed by atoms with Gasteiger partial charge in [0.05, 0.1) is 0 Å². The number of rotatable bonds is 1. The molecule has 0 aliphatic carbocycles. The first-order chi connectivity index (χ1) is 7.70. The van der Waals surface area contributed by atoms with Crippen LogP contribution in [0.2, 0.25) is 0 Å². The smallest absolute Gasteiger partial charge is 0.174 e. The van der Waals surface area contributed by atoms with E-state index in [1.807, 2.05) is 12.1 Å². The second-order valence-corrected chi connectivity index (χ2v) is 2.98. The Balaban J connectivity index is 0.000000453. The largest absolute Gasteiger partial charge is 0.379 e. The number of hydrogen-bond acceptors (Lipinski definition) is 0. The van der Waals surface area contributed by atoms with Gasteiger partial charge in [0, 0.05) is 0 Å². The summed E-state index contributed by atoms with van der Waals surface area (Å²) in [4.78, 5) is 0. The van der Waals surface area contributed by atoms with Gasteiger partial charge in [0.15, 0.2) is 0 Å². The van der Waals surface area contributed by atoms with Crippen molar-refractivity contribution < 1.29 is 13.2 Å². The zero-order chi connectivity index (χ0) is 11.8. The van der Waals surface area contributed by atoms with Crippen molar-refractivity contribution in [2.75, 3.05) is 0 Å². The fraction of sp³-hybridized carbons (Fsp3) is 0.0769. The van der Waals surface area contributed by atoms with Crippen LogP contribution in [0.25, 0.3) is 11.1 Å². The molecule has 0 nitrogen and oxygen atoms in total. The Morgan fingerprint density at radius 1 is 0.588 bits per heavy atom. The summed E-state index contributed by atoms with van der Waals surface area (Å²) in [5.41, 5.74) is 2.55. The molecule has 2 aromatic carbocycles. The monoisotopic (exact) mass is 259 g/mol. The summed E-state index contributed by atoms with van der Waals surface area (Å²) in [6.45, 7) is -3.67. The number of alkyl halides is 3. The van der Waals surface area contributed by atoms with Gasteiger partial charge in [0.1, 0.15) is 0 Å². The van der Waals surface area contributed by atoms with Crippen molar-refractivity contribution in [3.8, 4) is 11.1 Å². The average molecular weight is 259 g/mol. The molecule has 17 heavy (non-hydrogen) atoms. The van der Waals surface area contributed by atoms with Gasteiger partial charge in [-0.1, -0.05) is 74.2 Å². The van der Waals surface area contributed by atoms with E-state index >= 15 is 0 Å². The van der Waals surface area contributed by atoms with E-state index in [-0.39, 0.29) is 13.5 Å². The number of hydrogen-bond donors (Lipinski definition) is 0. The Labute approximate surface area is 106 Å². The normalized spacial score (nSPS) is 8.94. The first kappa shape index (κ1) is 15.6. The number of halogens is 3. The van der Waals surface area contributed by atoms with Gasteiger partial charge < -0.3 is 0 Å². The van der Waals surface area contributed by atoms with Crippen LogP contribution in [0.15, 0.2) is 60.7 Å². The van der Waals surface area contributed by atoms with Gasteiger partial charge in [0.2, 0.25) is 0 Å². The van der Waals surface area contributed by atoms with E-state index in [9.17, 15) is 13.2 Å². The highest BCUT2D eigenvalue weighted by atomic mass is 32.1. The highest BCUT2D eigenvalue weighted by molar-refractivity contribution is 7.37. The van der Waals surface area contributed by atoms with Gasteiger partial charge in [-0.25, -0.2) is 0 Å². The van der Waals surface area contributed by atoms with E-state index in [0.29, 0.717) is 0 Å². The van der Waals surface area contributed by atoms with Crippen LogP contribution in [-0.2, 0) is 13.5 Å². The zero-order valence-electron chi connectivity index (χ0n) is 9.06. The number of benzene rings is 2. The maximum atomic E-state index is 9.67. The maximum Gasteiger partial charge on any atom is 0.379 e. The van der Waals surface area contributed by atoms with E-state index in [1.165, 1.54) is 11.1 Å². The maximum absolute atomic E-state index is 9.67. The third-order valence-electron chi connectivity index (χ3n) is 1.88. The van der Waals surface area contributed by atoms with Crippen molar-refractivity contribution in [2.45, 2.75) is 6.68 Å². The predicted molar refractivity (Wildman–Crippen MR) is 70.5 cm³/mol. The van der Waals surface area contributed by atoms with Gasteiger partial charge >= 0.3 is 6.68 Å². The SMILES string of the molecule is FC(F)F.[SH3+].c1ccc(-c2ccccc2)cc1. The lowest BCUT2D eigenvalue weighted by atomic mass is 10.1. The molecular weight excluding hydrogens is 245 g/mol.